The summed E-state index contributed by atoms with van der Waals surface area (Å²) in [4.78, 5) is 28.6. The molecule has 110 valence electrons. The van der Waals surface area contributed by atoms with Gasteiger partial charge in [-0.3, -0.25) is 4.98 Å². The lowest BCUT2D eigenvalue weighted by Gasteiger charge is -2.24. The first-order valence-corrected chi connectivity index (χ1v) is 6.59. The molecule has 2 unspecified atom stereocenters. The van der Waals surface area contributed by atoms with Crippen LogP contribution in [0.1, 0.15) is 25.8 Å². The van der Waals surface area contributed by atoms with E-state index in [1.165, 1.54) is 4.90 Å². The van der Waals surface area contributed by atoms with E-state index in [1.807, 2.05) is 13.0 Å². The van der Waals surface area contributed by atoms with Gasteiger partial charge in [0.15, 0.2) is 0 Å². The molecule has 0 saturated carbocycles. The number of hydrogen-bond donors (Lipinski definition) is 2. The Morgan fingerprint density at radius 3 is 2.70 bits per heavy atom. The molecule has 2 amide bonds. The normalized spacial score (nSPS) is 13.3. The van der Waals surface area contributed by atoms with Crippen molar-refractivity contribution in [2.75, 3.05) is 7.05 Å². The van der Waals surface area contributed by atoms with Crippen LogP contribution in [0.15, 0.2) is 24.5 Å². The zero-order chi connectivity index (χ0) is 15.1. The maximum absolute atomic E-state index is 12.0. The van der Waals surface area contributed by atoms with E-state index in [-0.39, 0.29) is 5.92 Å². The third kappa shape index (κ3) is 4.53. The summed E-state index contributed by atoms with van der Waals surface area (Å²) in [7, 11) is 1.62. The Bertz CT molecular complexity index is 450. The van der Waals surface area contributed by atoms with Crippen molar-refractivity contribution in [3.05, 3.63) is 30.1 Å². The first-order valence-electron chi connectivity index (χ1n) is 6.59. The summed E-state index contributed by atoms with van der Waals surface area (Å²) in [5, 5.41) is 11.7. The number of aliphatic carboxylic acids is 1. The molecule has 0 aliphatic heterocycles. The first kappa shape index (κ1) is 15.9. The Kier molecular flexibility index (Phi) is 5.96. The van der Waals surface area contributed by atoms with E-state index in [1.54, 1.807) is 32.4 Å². The van der Waals surface area contributed by atoms with Crippen molar-refractivity contribution in [1.29, 1.82) is 0 Å². The van der Waals surface area contributed by atoms with E-state index in [4.69, 9.17) is 5.11 Å². The molecule has 0 aliphatic rings. The summed E-state index contributed by atoms with van der Waals surface area (Å²) < 4.78 is 0. The standard InChI is InChI=1S/C14H21N3O3/c1-4-10(2)12(13(18)19)16-14(20)17(3)9-11-6-5-7-15-8-11/h5-8,10,12H,4,9H2,1-3H3,(H,16,20)(H,18,19). The number of amides is 2. The number of nitrogens with zero attached hydrogens (tertiary/aromatic N) is 2. The number of carbonyl (C=O) groups excluding carboxylic acids is 1. The second-order valence-corrected chi connectivity index (χ2v) is 4.87. The largest absolute Gasteiger partial charge is 0.480 e. The average Bonchev–Trinajstić information content (AvgIpc) is 2.44. The predicted octanol–water partition coefficient (Wildman–Crippen LogP) is 1.72. The van der Waals surface area contributed by atoms with Gasteiger partial charge in [-0.15, -0.1) is 0 Å². The fourth-order valence-corrected chi connectivity index (χ4v) is 1.76. The van der Waals surface area contributed by atoms with E-state index in [0.29, 0.717) is 13.0 Å². The van der Waals surface area contributed by atoms with Crippen molar-refractivity contribution < 1.29 is 14.7 Å². The number of carboxylic acid groups (broad SMARTS) is 1. The van der Waals surface area contributed by atoms with Crippen LogP contribution in [0.5, 0.6) is 0 Å². The van der Waals surface area contributed by atoms with Gasteiger partial charge in [-0.05, 0) is 17.5 Å². The van der Waals surface area contributed by atoms with E-state index in [9.17, 15) is 9.59 Å². The molecule has 0 aromatic carbocycles. The van der Waals surface area contributed by atoms with Gasteiger partial charge in [-0.25, -0.2) is 9.59 Å². The van der Waals surface area contributed by atoms with Gasteiger partial charge in [-0.2, -0.15) is 0 Å². The topological polar surface area (TPSA) is 82.5 Å². The van der Waals surface area contributed by atoms with Crippen LogP contribution in [0.25, 0.3) is 0 Å². The molecule has 20 heavy (non-hydrogen) atoms. The zero-order valence-electron chi connectivity index (χ0n) is 12.0. The van der Waals surface area contributed by atoms with E-state index in [0.717, 1.165) is 5.56 Å². The van der Waals surface area contributed by atoms with Crippen LogP contribution in [0.4, 0.5) is 4.79 Å². The zero-order valence-corrected chi connectivity index (χ0v) is 12.0. The van der Waals surface area contributed by atoms with Crippen LogP contribution in [0.2, 0.25) is 0 Å². The molecule has 0 aliphatic carbocycles. The fraction of sp³-hybridized carbons (Fsp3) is 0.500. The Morgan fingerprint density at radius 2 is 2.20 bits per heavy atom. The van der Waals surface area contributed by atoms with Crippen molar-refractivity contribution in [2.24, 2.45) is 5.92 Å². The number of urea groups is 1. The van der Waals surface area contributed by atoms with Crippen molar-refractivity contribution in [2.45, 2.75) is 32.9 Å². The highest BCUT2D eigenvalue weighted by Gasteiger charge is 2.26. The molecular weight excluding hydrogens is 258 g/mol. The summed E-state index contributed by atoms with van der Waals surface area (Å²) in [5.74, 6) is -1.13. The maximum Gasteiger partial charge on any atom is 0.326 e. The van der Waals surface area contributed by atoms with Crippen molar-refractivity contribution in [3.63, 3.8) is 0 Å². The maximum atomic E-state index is 12.0. The van der Waals surface area contributed by atoms with Gasteiger partial charge in [0.25, 0.3) is 0 Å². The average molecular weight is 279 g/mol. The summed E-state index contributed by atoms with van der Waals surface area (Å²) in [6, 6.07) is 2.38. The van der Waals surface area contributed by atoms with Crippen LogP contribution in [-0.4, -0.2) is 40.1 Å². The molecule has 2 N–H and O–H groups in total. The van der Waals surface area contributed by atoms with Crippen molar-refractivity contribution in [3.8, 4) is 0 Å². The number of carbonyl (C=O) groups is 2. The Hall–Kier alpha value is -2.11. The van der Waals surface area contributed by atoms with Gasteiger partial charge in [0.05, 0.1) is 0 Å². The van der Waals surface area contributed by atoms with Crippen molar-refractivity contribution >= 4 is 12.0 Å². The minimum atomic E-state index is -1.01. The van der Waals surface area contributed by atoms with Gasteiger partial charge < -0.3 is 15.3 Å². The van der Waals surface area contributed by atoms with E-state index < -0.39 is 18.0 Å². The Labute approximate surface area is 118 Å². The lowest BCUT2D eigenvalue weighted by atomic mass is 9.99. The molecule has 0 radical (unpaired) electrons. The van der Waals surface area contributed by atoms with Gasteiger partial charge >= 0.3 is 12.0 Å². The van der Waals surface area contributed by atoms with Crippen LogP contribution in [0.3, 0.4) is 0 Å². The predicted molar refractivity (Wildman–Crippen MR) is 75.1 cm³/mol. The van der Waals surface area contributed by atoms with E-state index >= 15 is 0 Å². The lowest BCUT2D eigenvalue weighted by Crippen LogP contribution is -2.49. The second kappa shape index (κ2) is 7.47. The number of nitrogens with one attached hydrogen (secondary N) is 1. The molecule has 2 atom stereocenters. The molecule has 6 heteroatoms. The third-order valence-corrected chi connectivity index (χ3v) is 3.25. The number of aromatic nitrogens is 1. The SMILES string of the molecule is CCC(C)C(NC(=O)N(C)Cc1cccnc1)C(=O)O. The molecule has 1 aromatic heterocycles. The smallest absolute Gasteiger partial charge is 0.326 e. The Morgan fingerprint density at radius 1 is 1.50 bits per heavy atom. The second-order valence-electron chi connectivity index (χ2n) is 4.87. The lowest BCUT2D eigenvalue weighted by molar-refractivity contribution is -0.140. The summed E-state index contributed by atoms with van der Waals surface area (Å²) in [6.45, 7) is 4.08. The molecule has 0 bridgehead atoms. The molecule has 1 rings (SSSR count). The molecule has 0 saturated heterocycles. The quantitative estimate of drug-likeness (QED) is 0.830. The molecule has 1 heterocycles. The van der Waals surface area contributed by atoms with Crippen molar-refractivity contribution in [1.82, 2.24) is 15.2 Å². The van der Waals surface area contributed by atoms with Gasteiger partial charge in [0.1, 0.15) is 6.04 Å². The third-order valence-electron chi connectivity index (χ3n) is 3.25. The van der Waals surface area contributed by atoms with E-state index in [2.05, 4.69) is 10.3 Å². The van der Waals surface area contributed by atoms with Crippen LogP contribution in [-0.2, 0) is 11.3 Å². The van der Waals surface area contributed by atoms with Crippen LogP contribution in [0, 0.1) is 5.92 Å². The Balaban J connectivity index is 2.62. The molecule has 0 spiro atoms. The highest BCUT2D eigenvalue weighted by atomic mass is 16.4. The summed E-state index contributed by atoms with van der Waals surface area (Å²) in [6.07, 6.45) is 4.02. The molecule has 1 aromatic rings. The molecular formula is C14H21N3O3. The summed E-state index contributed by atoms with van der Waals surface area (Å²) in [5.41, 5.74) is 0.889. The highest BCUT2D eigenvalue weighted by Crippen LogP contribution is 2.09. The minimum Gasteiger partial charge on any atom is -0.480 e. The van der Waals surface area contributed by atoms with Gasteiger partial charge in [0, 0.05) is 26.0 Å². The number of hydrogen-bond acceptors (Lipinski definition) is 3. The number of pyridine rings is 1. The van der Waals surface area contributed by atoms with Crippen LogP contribution >= 0.6 is 0 Å². The minimum absolute atomic E-state index is 0.122. The van der Waals surface area contributed by atoms with Crippen LogP contribution < -0.4 is 5.32 Å². The van der Waals surface area contributed by atoms with Gasteiger partial charge in [-0.1, -0.05) is 26.3 Å². The monoisotopic (exact) mass is 279 g/mol. The summed E-state index contributed by atoms with van der Waals surface area (Å²) >= 11 is 0. The fourth-order valence-electron chi connectivity index (χ4n) is 1.76. The molecule has 6 nitrogen and oxygen atoms in total. The highest BCUT2D eigenvalue weighted by molar-refractivity contribution is 5.82. The molecule has 0 fully saturated rings. The van der Waals surface area contributed by atoms with Gasteiger partial charge in [0.2, 0.25) is 0 Å². The number of rotatable bonds is 6. The first-order chi connectivity index (χ1) is 9.45. The number of carboxylic acids is 1.